The van der Waals surface area contributed by atoms with Gasteiger partial charge in [0.15, 0.2) is 0 Å². The van der Waals surface area contributed by atoms with Crippen LogP contribution in [0.15, 0.2) is 66.7 Å². The highest BCUT2D eigenvalue weighted by atomic mass is 19.1. The molecular formula is C30H35FN2O2. The molecule has 0 radical (unpaired) electrons. The van der Waals surface area contributed by atoms with Crippen LogP contribution in [0.3, 0.4) is 0 Å². The number of fused-ring (bicyclic) bond motifs is 1. The van der Waals surface area contributed by atoms with E-state index in [1.165, 1.54) is 18.4 Å². The molecule has 2 heterocycles. The quantitative estimate of drug-likeness (QED) is 0.483. The number of hydrogen-bond acceptors (Lipinski definition) is 4. The molecule has 5 rings (SSSR count). The lowest BCUT2D eigenvalue weighted by Gasteiger charge is -2.42. The van der Waals surface area contributed by atoms with E-state index in [2.05, 4.69) is 35.8 Å². The van der Waals surface area contributed by atoms with Gasteiger partial charge < -0.3 is 20.1 Å². The van der Waals surface area contributed by atoms with Crippen LogP contribution in [0, 0.1) is 5.82 Å². The number of benzene rings is 3. The highest BCUT2D eigenvalue weighted by molar-refractivity contribution is 5.51. The third-order valence-corrected chi connectivity index (χ3v) is 7.58. The number of ether oxygens (including phenoxy) is 2. The lowest BCUT2D eigenvalue weighted by molar-refractivity contribution is 0.150. The number of piperidine rings is 1. The average Bonchev–Trinajstić information content (AvgIpc) is 2.90. The maximum Gasteiger partial charge on any atom is 0.128 e. The highest BCUT2D eigenvalue weighted by Crippen LogP contribution is 2.41. The van der Waals surface area contributed by atoms with Crippen molar-refractivity contribution in [3.63, 3.8) is 0 Å². The van der Waals surface area contributed by atoms with E-state index in [0.29, 0.717) is 18.0 Å². The Kier molecular flexibility index (Phi) is 7.07. The topological polar surface area (TPSA) is 42.5 Å². The van der Waals surface area contributed by atoms with Crippen molar-refractivity contribution >= 4 is 0 Å². The molecule has 1 saturated heterocycles. The smallest absolute Gasteiger partial charge is 0.128 e. The van der Waals surface area contributed by atoms with Gasteiger partial charge in [-0.25, -0.2) is 4.39 Å². The lowest BCUT2D eigenvalue weighted by Crippen LogP contribution is -2.50. The van der Waals surface area contributed by atoms with E-state index in [0.717, 1.165) is 48.6 Å². The van der Waals surface area contributed by atoms with E-state index >= 15 is 4.39 Å². The third-order valence-electron chi connectivity index (χ3n) is 7.58. The van der Waals surface area contributed by atoms with Gasteiger partial charge in [-0.15, -0.1) is 0 Å². The number of halogens is 1. The van der Waals surface area contributed by atoms with Crippen molar-refractivity contribution in [1.29, 1.82) is 0 Å². The zero-order valence-electron chi connectivity index (χ0n) is 20.6. The summed E-state index contributed by atoms with van der Waals surface area (Å²) in [6.07, 6.45) is 5.07. The Morgan fingerprint density at radius 1 is 1.00 bits per heavy atom. The van der Waals surface area contributed by atoms with Gasteiger partial charge in [-0.1, -0.05) is 48.9 Å². The zero-order chi connectivity index (χ0) is 24.3. The maximum atomic E-state index is 15.4. The van der Waals surface area contributed by atoms with Crippen molar-refractivity contribution in [3.8, 4) is 11.5 Å². The molecule has 0 aliphatic carbocycles. The fourth-order valence-corrected chi connectivity index (χ4v) is 5.74. The largest absolute Gasteiger partial charge is 0.497 e. The van der Waals surface area contributed by atoms with Gasteiger partial charge in [0.2, 0.25) is 0 Å². The predicted octanol–water partition coefficient (Wildman–Crippen LogP) is 5.38. The molecule has 1 fully saturated rings. The van der Waals surface area contributed by atoms with Crippen LogP contribution < -0.4 is 20.1 Å². The molecule has 35 heavy (non-hydrogen) atoms. The van der Waals surface area contributed by atoms with Gasteiger partial charge in [0.1, 0.15) is 23.4 Å². The van der Waals surface area contributed by atoms with Gasteiger partial charge in [-0.2, -0.15) is 0 Å². The molecule has 2 aliphatic heterocycles. The Morgan fingerprint density at radius 3 is 2.63 bits per heavy atom. The molecule has 0 spiro atoms. The minimum Gasteiger partial charge on any atom is -0.497 e. The van der Waals surface area contributed by atoms with Crippen LogP contribution in [-0.4, -0.2) is 32.3 Å². The second kappa shape index (κ2) is 10.4. The summed E-state index contributed by atoms with van der Waals surface area (Å²) in [6, 6.07) is 21.8. The maximum absolute atomic E-state index is 15.4. The molecule has 5 heteroatoms. The Hall–Kier alpha value is -2.89. The van der Waals surface area contributed by atoms with Crippen LogP contribution in [0.1, 0.15) is 48.4 Å². The molecular weight excluding hydrogens is 439 g/mol. The Bertz CT molecular complexity index is 1160. The van der Waals surface area contributed by atoms with E-state index in [1.54, 1.807) is 19.2 Å². The average molecular weight is 475 g/mol. The van der Waals surface area contributed by atoms with E-state index < -0.39 is 5.54 Å². The van der Waals surface area contributed by atoms with Crippen LogP contribution in [0.5, 0.6) is 11.5 Å². The van der Waals surface area contributed by atoms with E-state index in [9.17, 15) is 0 Å². The van der Waals surface area contributed by atoms with Crippen LogP contribution in [0.4, 0.5) is 4.39 Å². The van der Waals surface area contributed by atoms with E-state index in [-0.39, 0.29) is 11.9 Å². The number of rotatable bonds is 7. The van der Waals surface area contributed by atoms with Gasteiger partial charge in [0.25, 0.3) is 0 Å². The van der Waals surface area contributed by atoms with Crippen molar-refractivity contribution in [2.45, 2.75) is 56.7 Å². The van der Waals surface area contributed by atoms with E-state index in [1.807, 2.05) is 36.4 Å². The standard InChI is InChI=1S/C30H35FN2O2/c1-21(28-12-7-8-17-32-28)35-29-13-6-3-9-23(29)20-30(26-10-4-5-11-27(26)31)25-15-14-24(34-2)19-22(25)16-18-33-30/h3-6,9-11,13-15,19,21,28,32-33H,7-8,12,16-18,20H2,1-2H3. The fraction of sp³-hybridized carbons (Fsp3) is 0.400. The molecule has 184 valence electrons. The first kappa shape index (κ1) is 23.8. The number of hydrogen-bond donors (Lipinski definition) is 2. The van der Waals surface area contributed by atoms with Crippen LogP contribution in [-0.2, 0) is 18.4 Å². The van der Waals surface area contributed by atoms with Crippen molar-refractivity contribution in [2.24, 2.45) is 0 Å². The number of para-hydroxylation sites is 1. The molecule has 0 amide bonds. The monoisotopic (exact) mass is 474 g/mol. The summed E-state index contributed by atoms with van der Waals surface area (Å²) in [5.41, 5.74) is 3.28. The SMILES string of the molecule is COc1ccc2c(c1)CCNC2(Cc1ccccc1OC(C)C1CCCCN1)c1ccccc1F. The Labute approximate surface area is 207 Å². The molecule has 3 aromatic rings. The minimum atomic E-state index is -0.711. The van der Waals surface area contributed by atoms with Gasteiger partial charge in [0, 0.05) is 24.6 Å². The Morgan fingerprint density at radius 2 is 1.83 bits per heavy atom. The summed E-state index contributed by atoms with van der Waals surface area (Å²) in [7, 11) is 1.68. The van der Waals surface area contributed by atoms with E-state index in [4.69, 9.17) is 9.47 Å². The van der Waals surface area contributed by atoms with Crippen LogP contribution >= 0.6 is 0 Å². The second-order valence-corrected chi connectivity index (χ2v) is 9.75. The zero-order valence-corrected chi connectivity index (χ0v) is 20.6. The third kappa shape index (κ3) is 4.80. The molecule has 3 aromatic carbocycles. The second-order valence-electron chi connectivity index (χ2n) is 9.75. The van der Waals surface area contributed by atoms with Crippen LogP contribution in [0.25, 0.3) is 0 Å². The molecule has 2 N–H and O–H groups in total. The molecule has 0 saturated carbocycles. The summed E-state index contributed by atoms with van der Waals surface area (Å²) in [5, 5.41) is 7.33. The van der Waals surface area contributed by atoms with Crippen LogP contribution in [0.2, 0.25) is 0 Å². The van der Waals surface area contributed by atoms with Gasteiger partial charge >= 0.3 is 0 Å². The normalized spacial score (nSPS) is 22.8. The fourth-order valence-electron chi connectivity index (χ4n) is 5.74. The first-order chi connectivity index (χ1) is 17.1. The molecule has 3 atom stereocenters. The molecule has 0 aromatic heterocycles. The first-order valence-corrected chi connectivity index (χ1v) is 12.8. The van der Waals surface area contributed by atoms with Crippen molar-refractivity contribution < 1.29 is 13.9 Å². The van der Waals surface area contributed by atoms with Gasteiger partial charge in [-0.3, -0.25) is 0 Å². The van der Waals surface area contributed by atoms with Gasteiger partial charge in [0.05, 0.1) is 12.6 Å². The molecule has 2 aliphatic rings. The number of methoxy groups -OCH3 is 1. The Balaban J connectivity index is 1.56. The summed E-state index contributed by atoms with van der Waals surface area (Å²) in [4.78, 5) is 0. The summed E-state index contributed by atoms with van der Waals surface area (Å²) < 4.78 is 27.5. The molecule has 4 nitrogen and oxygen atoms in total. The first-order valence-electron chi connectivity index (χ1n) is 12.8. The van der Waals surface area contributed by atoms with Crippen molar-refractivity contribution in [1.82, 2.24) is 10.6 Å². The summed E-state index contributed by atoms with van der Waals surface area (Å²) in [6.45, 7) is 3.94. The molecule has 3 unspecified atom stereocenters. The molecule has 0 bridgehead atoms. The van der Waals surface area contributed by atoms with Crippen molar-refractivity contribution in [3.05, 3.63) is 94.8 Å². The predicted molar refractivity (Wildman–Crippen MR) is 138 cm³/mol. The highest BCUT2D eigenvalue weighted by Gasteiger charge is 2.41. The summed E-state index contributed by atoms with van der Waals surface area (Å²) >= 11 is 0. The van der Waals surface area contributed by atoms with Gasteiger partial charge in [-0.05, 0) is 73.7 Å². The van der Waals surface area contributed by atoms with Crippen molar-refractivity contribution in [2.75, 3.05) is 20.2 Å². The minimum absolute atomic E-state index is 0.0525. The summed E-state index contributed by atoms with van der Waals surface area (Å²) in [5.74, 6) is 1.48. The lowest BCUT2D eigenvalue weighted by atomic mass is 9.73. The number of nitrogens with one attached hydrogen (secondary N) is 2.